The zero-order valence-electron chi connectivity index (χ0n) is 12.2. The van der Waals surface area contributed by atoms with Crippen molar-refractivity contribution >= 4 is 29.9 Å². The highest BCUT2D eigenvalue weighted by atomic mass is 127. The highest BCUT2D eigenvalue weighted by Crippen LogP contribution is 1.96. The minimum Gasteiger partial charge on any atom is -0.356 e. The molecule has 0 saturated heterocycles. The van der Waals surface area contributed by atoms with Crippen LogP contribution in [0.25, 0.3) is 0 Å². The van der Waals surface area contributed by atoms with Crippen LogP contribution in [-0.4, -0.2) is 34.3 Å². The van der Waals surface area contributed by atoms with Gasteiger partial charge >= 0.3 is 0 Å². The molecule has 110 valence electrons. The third-order valence-corrected chi connectivity index (χ3v) is 2.89. The molecule has 6 nitrogen and oxygen atoms in total. The number of guanidine groups is 1. The van der Waals surface area contributed by atoms with Crippen molar-refractivity contribution < 1.29 is 0 Å². The lowest BCUT2D eigenvalue weighted by atomic mass is 10.2. The number of hydrogen-bond acceptors (Lipinski definition) is 3. The topological polar surface area (TPSA) is 67.1 Å². The maximum absolute atomic E-state index is 4.17. The van der Waals surface area contributed by atoms with E-state index in [1.54, 1.807) is 7.05 Å². The van der Waals surface area contributed by atoms with E-state index in [1.165, 1.54) is 19.3 Å². The summed E-state index contributed by atoms with van der Waals surface area (Å²) < 4.78 is 1.97. The summed E-state index contributed by atoms with van der Waals surface area (Å²) in [7, 11) is 3.74. The van der Waals surface area contributed by atoms with E-state index in [0.717, 1.165) is 24.2 Å². The van der Waals surface area contributed by atoms with Gasteiger partial charge in [-0.05, 0) is 13.3 Å². The van der Waals surface area contributed by atoms with Gasteiger partial charge in [0, 0.05) is 20.6 Å². The van der Waals surface area contributed by atoms with Gasteiger partial charge in [-0.3, -0.25) is 4.99 Å². The number of nitrogens with zero attached hydrogens (tertiary/aromatic N) is 4. The Bertz CT molecular complexity index is 388. The number of aliphatic imine (C=N–C) groups is 1. The van der Waals surface area contributed by atoms with E-state index in [0.29, 0.717) is 6.54 Å². The SMILES string of the molecule is CCCCCNC(=NC)NCc1nnc(C)n1C.I. The first-order chi connectivity index (χ1) is 8.69. The quantitative estimate of drug-likeness (QED) is 0.341. The highest BCUT2D eigenvalue weighted by Gasteiger charge is 2.05. The summed E-state index contributed by atoms with van der Waals surface area (Å²) in [6.45, 7) is 5.72. The van der Waals surface area contributed by atoms with Crippen LogP contribution in [-0.2, 0) is 13.6 Å². The second-order valence-corrected chi connectivity index (χ2v) is 4.28. The van der Waals surface area contributed by atoms with E-state index in [1.807, 2.05) is 18.5 Å². The Morgan fingerprint density at radius 1 is 1.26 bits per heavy atom. The lowest BCUT2D eigenvalue weighted by molar-refractivity contribution is 0.673. The van der Waals surface area contributed by atoms with Crippen molar-refractivity contribution in [2.75, 3.05) is 13.6 Å². The predicted octanol–water partition coefficient (Wildman–Crippen LogP) is 1.60. The van der Waals surface area contributed by atoms with Crippen LogP contribution in [0.3, 0.4) is 0 Å². The normalized spacial score (nSPS) is 11.1. The number of aromatic nitrogens is 3. The van der Waals surface area contributed by atoms with Gasteiger partial charge < -0.3 is 15.2 Å². The van der Waals surface area contributed by atoms with Crippen molar-refractivity contribution in [3.8, 4) is 0 Å². The molecule has 0 fully saturated rings. The zero-order chi connectivity index (χ0) is 13.4. The second-order valence-electron chi connectivity index (χ2n) is 4.28. The summed E-state index contributed by atoms with van der Waals surface area (Å²) in [6, 6.07) is 0. The maximum Gasteiger partial charge on any atom is 0.191 e. The van der Waals surface area contributed by atoms with Gasteiger partial charge in [-0.15, -0.1) is 34.2 Å². The molecule has 19 heavy (non-hydrogen) atoms. The Morgan fingerprint density at radius 2 is 2.00 bits per heavy atom. The molecule has 0 aliphatic rings. The van der Waals surface area contributed by atoms with Crippen LogP contribution in [0.5, 0.6) is 0 Å². The van der Waals surface area contributed by atoms with Crippen molar-refractivity contribution in [3.63, 3.8) is 0 Å². The summed E-state index contributed by atoms with van der Waals surface area (Å²) in [4.78, 5) is 4.17. The number of aryl methyl sites for hydroxylation is 1. The summed E-state index contributed by atoms with van der Waals surface area (Å²) in [6.07, 6.45) is 3.64. The van der Waals surface area contributed by atoms with Crippen LogP contribution in [0.4, 0.5) is 0 Å². The van der Waals surface area contributed by atoms with Gasteiger partial charge in [0.15, 0.2) is 11.8 Å². The summed E-state index contributed by atoms with van der Waals surface area (Å²) in [5, 5.41) is 14.6. The molecule has 7 heteroatoms. The van der Waals surface area contributed by atoms with Crippen LogP contribution >= 0.6 is 24.0 Å². The average molecular weight is 380 g/mol. The minimum atomic E-state index is 0. The highest BCUT2D eigenvalue weighted by molar-refractivity contribution is 14.0. The molecule has 1 aromatic rings. The zero-order valence-corrected chi connectivity index (χ0v) is 14.6. The predicted molar refractivity (Wildman–Crippen MR) is 88.9 cm³/mol. The largest absolute Gasteiger partial charge is 0.356 e. The molecule has 0 aliphatic carbocycles. The van der Waals surface area contributed by atoms with Crippen molar-refractivity contribution in [2.24, 2.45) is 12.0 Å². The number of hydrogen-bond donors (Lipinski definition) is 2. The van der Waals surface area contributed by atoms with Gasteiger partial charge in [-0.25, -0.2) is 0 Å². The molecule has 1 heterocycles. The van der Waals surface area contributed by atoms with E-state index < -0.39 is 0 Å². The van der Waals surface area contributed by atoms with Crippen LogP contribution in [0.15, 0.2) is 4.99 Å². The van der Waals surface area contributed by atoms with Crippen LogP contribution in [0.2, 0.25) is 0 Å². The van der Waals surface area contributed by atoms with E-state index in [4.69, 9.17) is 0 Å². The fraction of sp³-hybridized carbons (Fsp3) is 0.750. The number of halogens is 1. The molecular weight excluding hydrogens is 355 g/mol. The third-order valence-electron chi connectivity index (χ3n) is 2.89. The maximum atomic E-state index is 4.17. The van der Waals surface area contributed by atoms with Crippen molar-refractivity contribution in [1.82, 2.24) is 25.4 Å². The van der Waals surface area contributed by atoms with Gasteiger partial charge in [-0.2, -0.15) is 0 Å². The first-order valence-corrected chi connectivity index (χ1v) is 6.48. The van der Waals surface area contributed by atoms with Crippen molar-refractivity contribution in [2.45, 2.75) is 39.7 Å². The molecule has 0 bridgehead atoms. The Kier molecular flexibility index (Phi) is 9.54. The molecule has 0 radical (unpaired) electrons. The van der Waals surface area contributed by atoms with Crippen LogP contribution in [0, 0.1) is 6.92 Å². The Morgan fingerprint density at radius 3 is 2.53 bits per heavy atom. The van der Waals surface area contributed by atoms with Crippen LogP contribution < -0.4 is 10.6 Å². The molecule has 0 atom stereocenters. The molecule has 1 aromatic heterocycles. The lowest BCUT2D eigenvalue weighted by Crippen LogP contribution is -2.37. The fourth-order valence-electron chi connectivity index (χ4n) is 1.57. The monoisotopic (exact) mass is 380 g/mol. The van der Waals surface area contributed by atoms with E-state index >= 15 is 0 Å². The Labute approximate surface area is 132 Å². The Hall–Kier alpha value is -0.860. The number of unbranched alkanes of at least 4 members (excludes halogenated alkanes) is 2. The van der Waals surface area contributed by atoms with E-state index in [2.05, 4.69) is 32.7 Å². The fourth-order valence-corrected chi connectivity index (χ4v) is 1.57. The smallest absolute Gasteiger partial charge is 0.191 e. The molecule has 0 aliphatic heterocycles. The van der Waals surface area contributed by atoms with Crippen LogP contribution in [0.1, 0.15) is 37.8 Å². The summed E-state index contributed by atoms with van der Waals surface area (Å²) in [5.41, 5.74) is 0. The van der Waals surface area contributed by atoms with E-state index in [-0.39, 0.29) is 24.0 Å². The second kappa shape index (κ2) is 9.99. The number of rotatable bonds is 6. The van der Waals surface area contributed by atoms with Gasteiger partial charge in [0.1, 0.15) is 5.82 Å². The molecule has 0 aromatic carbocycles. The average Bonchev–Trinajstić information content (AvgIpc) is 2.69. The van der Waals surface area contributed by atoms with Crippen molar-refractivity contribution in [3.05, 3.63) is 11.6 Å². The summed E-state index contributed by atoms with van der Waals surface area (Å²) in [5.74, 6) is 2.63. The van der Waals surface area contributed by atoms with Gasteiger partial charge in [0.2, 0.25) is 0 Å². The van der Waals surface area contributed by atoms with E-state index in [9.17, 15) is 0 Å². The number of nitrogens with one attached hydrogen (secondary N) is 2. The van der Waals surface area contributed by atoms with Gasteiger partial charge in [0.05, 0.1) is 6.54 Å². The molecule has 0 unspecified atom stereocenters. The first kappa shape index (κ1) is 18.1. The lowest BCUT2D eigenvalue weighted by Gasteiger charge is -2.11. The standard InChI is InChI=1S/C12H24N6.HI/c1-5-6-7-8-14-12(13-3)15-9-11-17-16-10(2)18(11)4;/h5-9H2,1-4H3,(H2,13,14,15);1H. The molecule has 0 saturated carbocycles. The molecule has 1 rings (SSSR count). The minimum absolute atomic E-state index is 0. The third kappa shape index (κ3) is 6.22. The molecule has 0 spiro atoms. The molecule has 2 N–H and O–H groups in total. The molecular formula is C12H25IN6. The van der Waals surface area contributed by atoms with Crippen molar-refractivity contribution in [1.29, 1.82) is 0 Å². The van der Waals surface area contributed by atoms with Gasteiger partial charge in [0.25, 0.3) is 0 Å². The Balaban J connectivity index is 0.00000324. The first-order valence-electron chi connectivity index (χ1n) is 6.48. The molecule has 0 amide bonds. The van der Waals surface area contributed by atoms with Gasteiger partial charge in [-0.1, -0.05) is 19.8 Å². The summed E-state index contributed by atoms with van der Waals surface area (Å²) >= 11 is 0.